The van der Waals surface area contributed by atoms with Crippen molar-refractivity contribution in [1.29, 1.82) is 5.26 Å². The quantitative estimate of drug-likeness (QED) is 0.755. The number of hydrogen-bond donors (Lipinski definition) is 0. The standard InChI is InChI=1S/C14H16N2O2/c15-7-8-16(10-12-4-2-1-3-5-12)14(17)13-6-9-18-11-13/h1-5,13H,6,8-11H2. The van der Waals surface area contributed by atoms with Crippen LogP contribution in [0.3, 0.4) is 0 Å². The van der Waals surface area contributed by atoms with Gasteiger partial charge >= 0.3 is 0 Å². The zero-order chi connectivity index (χ0) is 12.8. The molecule has 0 aromatic heterocycles. The second-order valence-corrected chi connectivity index (χ2v) is 4.40. The molecule has 0 bridgehead atoms. The van der Waals surface area contributed by atoms with Crippen molar-refractivity contribution in [3.63, 3.8) is 0 Å². The zero-order valence-electron chi connectivity index (χ0n) is 10.2. The number of carbonyl (C=O) groups is 1. The van der Waals surface area contributed by atoms with E-state index in [1.165, 1.54) is 0 Å². The highest BCUT2D eigenvalue weighted by Crippen LogP contribution is 2.17. The van der Waals surface area contributed by atoms with E-state index in [1.807, 2.05) is 30.3 Å². The smallest absolute Gasteiger partial charge is 0.229 e. The van der Waals surface area contributed by atoms with Crippen LogP contribution in [0.1, 0.15) is 12.0 Å². The molecule has 0 N–H and O–H groups in total. The van der Waals surface area contributed by atoms with Crippen molar-refractivity contribution in [2.24, 2.45) is 5.92 Å². The van der Waals surface area contributed by atoms with Crippen LogP contribution in [0.2, 0.25) is 0 Å². The maximum atomic E-state index is 12.2. The molecule has 4 nitrogen and oxygen atoms in total. The van der Waals surface area contributed by atoms with Gasteiger partial charge in [0.25, 0.3) is 0 Å². The van der Waals surface area contributed by atoms with Crippen LogP contribution < -0.4 is 0 Å². The average Bonchev–Trinajstić information content (AvgIpc) is 2.92. The second kappa shape index (κ2) is 6.18. The predicted molar refractivity (Wildman–Crippen MR) is 66.4 cm³/mol. The molecule has 18 heavy (non-hydrogen) atoms. The molecule has 1 amide bonds. The Morgan fingerprint density at radius 1 is 1.44 bits per heavy atom. The summed E-state index contributed by atoms with van der Waals surface area (Å²) >= 11 is 0. The van der Waals surface area contributed by atoms with Gasteiger partial charge in [0.1, 0.15) is 6.54 Å². The normalized spacial score (nSPS) is 18.3. The molecule has 2 rings (SSSR count). The lowest BCUT2D eigenvalue weighted by Gasteiger charge is -2.22. The van der Waals surface area contributed by atoms with Gasteiger partial charge in [-0.15, -0.1) is 0 Å². The lowest BCUT2D eigenvalue weighted by atomic mass is 10.1. The number of nitrogens with zero attached hydrogens (tertiary/aromatic N) is 2. The summed E-state index contributed by atoms with van der Waals surface area (Å²) < 4.78 is 5.23. The minimum absolute atomic E-state index is 0.0258. The first-order valence-electron chi connectivity index (χ1n) is 6.08. The van der Waals surface area contributed by atoms with Crippen LogP contribution in [0.5, 0.6) is 0 Å². The van der Waals surface area contributed by atoms with Crippen molar-refractivity contribution in [2.75, 3.05) is 19.8 Å². The van der Waals surface area contributed by atoms with Gasteiger partial charge in [-0.25, -0.2) is 0 Å². The Bertz CT molecular complexity index is 433. The molecule has 1 saturated heterocycles. The Balaban J connectivity index is 2.03. The van der Waals surface area contributed by atoms with Crippen LogP contribution >= 0.6 is 0 Å². The highest BCUT2D eigenvalue weighted by molar-refractivity contribution is 5.79. The third-order valence-corrected chi connectivity index (χ3v) is 3.07. The lowest BCUT2D eigenvalue weighted by molar-refractivity contribution is -0.135. The third kappa shape index (κ3) is 3.08. The second-order valence-electron chi connectivity index (χ2n) is 4.40. The number of carbonyl (C=O) groups excluding carboxylic acids is 1. The molecule has 1 aromatic carbocycles. The summed E-state index contributed by atoms with van der Waals surface area (Å²) in [5, 5.41) is 8.83. The van der Waals surface area contributed by atoms with Crippen molar-refractivity contribution < 1.29 is 9.53 Å². The molecule has 0 aliphatic carbocycles. The fourth-order valence-electron chi connectivity index (χ4n) is 2.09. The van der Waals surface area contributed by atoms with Gasteiger partial charge in [0.2, 0.25) is 5.91 Å². The SMILES string of the molecule is N#CCN(Cc1ccccc1)C(=O)C1CCOC1. The molecular formula is C14H16N2O2. The number of ether oxygens (including phenoxy) is 1. The highest BCUT2D eigenvalue weighted by Gasteiger charge is 2.27. The van der Waals surface area contributed by atoms with E-state index in [9.17, 15) is 4.79 Å². The maximum Gasteiger partial charge on any atom is 0.229 e. The lowest BCUT2D eigenvalue weighted by Crippen LogP contribution is -2.36. The highest BCUT2D eigenvalue weighted by atomic mass is 16.5. The zero-order valence-corrected chi connectivity index (χ0v) is 10.2. The van der Waals surface area contributed by atoms with E-state index in [1.54, 1.807) is 4.90 Å². The first-order valence-corrected chi connectivity index (χ1v) is 6.08. The van der Waals surface area contributed by atoms with Crippen molar-refractivity contribution in [1.82, 2.24) is 4.90 Å². The van der Waals surface area contributed by atoms with Crippen LogP contribution in [-0.4, -0.2) is 30.6 Å². The summed E-state index contributed by atoms with van der Waals surface area (Å²) in [5.41, 5.74) is 1.04. The van der Waals surface area contributed by atoms with Gasteiger partial charge in [-0.2, -0.15) is 5.26 Å². The molecule has 0 saturated carbocycles. The number of nitriles is 1. The van der Waals surface area contributed by atoms with E-state index < -0.39 is 0 Å². The molecule has 0 radical (unpaired) electrons. The molecule has 1 fully saturated rings. The summed E-state index contributed by atoms with van der Waals surface area (Å²) in [4.78, 5) is 13.8. The largest absolute Gasteiger partial charge is 0.381 e. The Morgan fingerprint density at radius 2 is 2.22 bits per heavy atom. The first-order chi connectivity index (χ1) is 8.81. The van der Waals surface area contributed by atoms with Gasteiger partial charge in [-0.3, -0.25) is 4.79 Å². The predicted octanol–water partition coefficient (Wildman–Crippen LogP) is 1.58. The molecule has 1 atom stereocenters. The van der Waals surface area contributed by atoms with Crippen LogP contribution in [-0.2, 0) is 16.1 Å². The average molecular weight is 244 g/mol. The molecule has 1 heterocycles. The first kappa shape index (κ1) is 12.6. The van der Waals surface area contributed by atoms with Crippen molar-refractivity contribution in [3.8, 4) is 6.07 Å². The third-order valence-electron chi connectivity index (χ3n) is 3.07. The summed E-state index contributed by atoms with van der Waals surface area (Å²) in [7, 11) is 0. The van der Waals surface area contributed by atoms with E-state index in [0.717, 1.165) is 12.0 Å². The van der Waals surface area contributed by atoms with Crippen molar-refractivity contribution in [3.05, 3.63) is 35.9 Å². The molecule has 1 aliphatic heterocycles. The molecule has 1 unspecified atom stereocenters. The minimum Gasteiger partial charge on any atom is -0.381 e. The van der Waals surface area contributed by atoms with E-state index in [4.69, 9.17) is 10.00 Å². The summed E-state index contributed by atoms with van der Waals surface area (Å²) in [6, 6.07) is 11.8. The van der Waals surface area contributed by atoms with Gasteiger partial charge in [-0.05, 0) is 12.0 Å². The molecule has 0 spiro atoms. The fraction of sp³-hybridized carbons (Fsp3) is 0.429. The topological polar surface area (TPSA) is 53.3 Å². The van der Waals surface area contributed by atoms with Crippen molar-refractivity contribution in [2.45, 2.75) is 13.0 Å². The monoisotopic (exact) mass is 244 g/mol. The minimum atomic E-state index is -0.0814. The number of benzene rings is 1. The number of rotatable bonds is 4. The summed E-state index contributed by atoms with van der Waals surface area (Å²) in [6.45, 7) is 1.74. The Kier molecular flexibility index (Phi) is 4.32. The molecule has 94 valence electrons. The summed E-state index contributed by atoms with van der Waals surface area (Å²) in [6.07, 6.45) is 0.759. The van der Waals surface area contributed by atoms with Crippen LogP contribution in [0, 0.1) is 17.2 Å². The fourth-order valence-corrected chi connectivity index (χ4v) is 2.09. The van der Waals surface area contributed by atoms with Crippen LogP contribution in [0.4, 0.5) is 0 Å². The Labute approximate surface area is 107 Å². The van der Waals surface area contributed by atoms with E-state index in [2.05, 4.69) is 6.07 Å². The Morgan fingerprint density at radius 3 is 2.83 bits per heavy atom. The van der Waals surface area contributed by atoms with Gasteiger partial charge in [0.15, 0.2) is 0 Å². The summed E-state index contributed by atoms with van der Waals surface area (Å²) in [5.74, 6) is -0.0556. The van der Waals surface area contributed by atoms with Gasteiger partial charge < -0.3 is 9.64 Å². The van der Waals surface area contributed by atoms with Gasteiger partial charge in [0.05, 0.1) is 18.6 Å². The van der Waals surface area contributed by atoms with Crippen molar-refractivity contribution >= 4 is 5.91 Å². The Hall–Kier alpha value is -1.86. The molecule has 1 aromatic rings. The van der Waals surface area contributed by atoms with E-state index in [0.29, 0.717) is 19.8 Å². The molecule has 4 heteroatoms. The van der Waals surface area contributed by atoms with E-state index in [-0.39, 0.29) is 18.4 Å². The molecular weight excluding hydrogens is 228 g/mol. The number of hydrogen-bond acceptors (Lipinski definition) is 3. The van der Waals surface area contributed by atoms with Crippen LogP contribution in [0.25, 0.3) is 0 Å². The molecule has 1 aliphatic rings. The van der Waals surface area contributed by atoms with Gasteiger partial charge in [-0.1, -0.05) is 30.3 Å². The van der Waals surface area contributed by atoms with Gasteiger partial charge in [0, 0.05) is 13.2 Å². The number of amides is 1. The maximum absolute atomic E-state index is 12.2. The van der Waals surface area contributed by atoms with E-state index >= 15 is 0 Å². The van der Waals surface area contributed by atoms with Crippen LogP contribution in [0.15, 0.2) is 30.3 Å².